The first-order valence-electron chi connectivity index (χ1n) is 10.9. The monoisotopic (exact) mass is 424 g/mol. The van der Waals surface area contributed by atoms with Gasteiger partial charge in [-0.25, -0.2) is 4.79 Å². The quantitative estimate of drug-likeness (QED) is 0.670. The van der Waals surface area contributed by atoms with E-state index in [-0.39, 0.29) is 23.6 Å². The fourth-order valence-corrected chi connectivity index (χ4v) is 4.04. The number of para-hydroxylation sites is 1. The number of aromatic carboxylic acids is 1. The first kappa shape index (κ1) is 22.8. The fraction of sp³-hybridized carbons (Fsp3) is 0.440. The standard InChI is InChI=1S/C25H32N2O4/c1-17-15-23(24(28)26-19(3)20-9-11-21(12-10-20)25(29)30)27(16-18(17)2)13-14-31-22-7-5-4-6-8-22/h4-12,17-19,23H,13-16H2,1-3H3,(H,26,28)(H,29,30)/t17-,18+,19-,23+/m0/s1. The lowest BCUT2D eigenvalue weighted by Gasteiger charge is -2.41. The molecular formula is C25H32N2O4. The first-order chi connectivity index (χ1) is 14.8. The van der Waals surface area contributed by atoms with Crippen LogP contribution in [0.1, 0.15) is 49.2 Å². The number of amides is 1. The van der Waals surface area contributed by atoms with Gasteiger partial charge < -0.3 is 15.2 Å². The van der Waals surface area contributed by atoms with Crippen LogP contribution in [0.25, 0.3) is 0 Å². The number of likely N-dealkylation sites (tertiary alicyclic amines) is 1. The van der Waals surface area contributed by atoms with Crippen LogP contribution in [0.3, 0.4) is 0 Å². The summed E-state index contributed by atoms with van der Waals surface area (Å²) in [4.78, 5) is 26.4. The van der Waals surface area contributed by atoms with Gasteiger partial charge in [-0.3, -0.25) is 9.69 Å². The van der Waals surface area contributed by atoms with Crippen molar-refractivity contribution in [2.45, 2.75) is 39.3 Å². The van der Waals surface area contributed by atoms with Crippen molar-refractivity contribution < 1.29 is 19.4 Å². The zero-order chi connectivity index (χ0) is 22.4. The van der Waals surface area contributed by atoms with Gasteiger partial charge in [0.25, 0.3) is 0 Å². The summed E-state index contributed by atoms with van der Waals surface area (Å²) < 4.78 is 5.86. The second-order valence-corrected chi connectivity index (χ2v) is 8.52. The number of ether oxygens (including phenoxy) is 1. The van der Waals surface area contributed by atoms with E-state index < -0.39 is 5.97 Å². The van der Waals surface area contributed by atoms with E-state index in [0.29, 0.717) is 25.0 Å². The summed E-state index contributed by atoms with van der Waals surface area (Å²) in [5.41, 5.74) is 1.12. The molecule has 6 heteroatoms. The summed E-state index contributed by atoms with van der Waals surface area (Å²) in [6.07, 6.45) is 0.809. The molecule has 1 saturated heterocycles. The molecule has 1 aliphatic heterocycles. The van der Waals surface area contributed by atoms with Gasteiger partial charge in [0.2, 0.25) is 5.91 Å². The molecule has 2 aromatic rings. The molecule has 0 bridgehead atoms. The maximum atomic E-state index is 13.2. The summed E-state index contributed by atoms with van der Waals surface area (Å²) in [6.45, 7) is 8.44. The van der Waals surface area contributed by atoms with E-state index in [2.05, 4.69) is 24.1 Å². The number of carboxylic acids is 1. The average molecular weight is 425 g/mol. The largest absolute Gasteiger partial charge is 0.492 e. The van der Waals surface area contributed by atoms with Gasteiger partial charge in [-0.15, -0.1) is 0 Å². The molecule has 6 nitrogen and oxygen atoms in total. The molecular weight excluding hydrogens is 392 g/mol. The smallest absolute Gasteiger partial charge is 0.335 e. The molecule has 1 amide bonds. The van der Waals surface area contributed by atoms with Gasteiger partial charge >= 0.3 is 5.97 Å². The highest BCUT2D eigenvalue weighted by molar-refractivity contribution is 5.87. The summed E-state index contributed by atoms with van der Waals surface area (Å²) in [7, 11) is 0. The highest BCUT2D eigenvalue weighted by atomic mass is 16.5. The van der Waals surface area contributed by atoms with Gasteiger partial charge in [0.1, 0.15) is 12.4 Å². The summed E-state index contributed by atoms with van der Waals surface area (Å²) >= 11 is 0. The van der Waals surface area contributed by atoms with Crippen molar-refractivity contribution in [2.24, 2.45) is 11.8 Å². The molecule has 166 valence electrons. The molecule has 2 aromatic carbocycles. The molecule has 1 aliphatic rings. The zero-order valence-corrected chi connectivity index (χ0v) is 18.5. The summed E-state index contributed by atoms with van der Waals surface area (Å²) in [6, 6.07) is 16.0. The van der Waals surface area contributed by atoms with Crippen LogP contribution in [-0.2, 0) is 4.79 Å². The number of nitrogens with zero attached hydrogens (tertiary/aromatic N) is 1. The number of rotatable bonds is 8. The van der Waals surface area contributed by atoms with E-state index in [0.717, 1.165) is 24.3 Å². The Balaban J connectivity index is 1.61. The van der Waals surface area contributed by atoms with Crippen molar-refractivity contribution in [3.63, 3.8) is 0 Å². The van der Waals surface area contributed by atoms with E-state index in [4.69, 9.17) is 9.84 Å². The van der Waals surface area contributed by atoms with Crippen LogP contribution >= 0.6 is 0 Å². The third-order valence-corrected chi connectivity index (χ3v) is 6.24. The maximum absolute atomic E-state index is 13.2. The SMILES string of the molecule is C[C@H](NC(=O)[C@H]1C[C@H](C)[C@H](C)CN1CCOc1ccccc1)c1ccc(C(=O)O)cc1. The molecule has 0 radical (unpaired) electrons. The van der Waals surface area contributed by atoms with Crippen LogP contribution in [0, 0.1) is 11.8 Å². The molecule has 31 heavy (non-hydrogen) atoms. The van der Waals surface area contributed by atoms with Crippen molar-refractivity contribution >= 4 is 11.9 Å². The molecule has 1 fully saturated rings. The Hall–Kier alpha value is -2.86. The molecule has 0 unspecified atom stereocenters. The van der Waals surface area contributed by atoms with Crippen LogP contribution in [0.2, 0.25) is 0 Å². The lowest BCUT2D eigenvalue weighted by Crippen LogP contribution is -2.54. The molecule has 4 atom stereocenters. The zero-order valence-electron chi connectivity index (χ0n) is 18.5. The number of carboxylic acid groups (broad SMARTS) is 1. The fourth-order valence-electron chi connectivity index (χ4n) is 4.04. The third-order valence-electron chi connectivity index (χ3n) is 6.24. The van der Waals surface area contributed by atoms with Crippen LogP contribution in [0.15, 0.2) is 54.6 Å². The molecule has 0 saturated carbocycles. The Morgan fingerprint density at radius 2 is 1.77 bits per heavy atom. The van der Waals surface area contributed by atoms with E-state index >= 15 is 0 Å². The normalized spacial score (nSPS) is 22.5. The number of benzene rings is 2. The number of hydrogen-bond acceptors (Lipinski definition) is 4. The molecule has 0 spiro atoms. The summed E-state index contributed by atoms with van der Waals surface area (Å²) in [5.74, 6) is 0.865. The van der Waals surface area contributed by atoms with Gasteiger partial charge in [-0.2, -0.15) is 0 Å². The molecule has 3 rings (SSSR count). The van der Waals surface area contributed by atoms with Crippen LogP contribution < -0.4 is 10.1 Å². The Bertz CT molecular complexity index is 869. The minimum Gasteiger partial charge on any atom is -0.492 e. The Kier molecular flexibility index (Phi) is 7.69. The van der Waals surface area contributed by atoms with Crippen molar-refractivity contribution in [1.29, 1.82) is 0 Å². The Labute approximate surface area is 184 Å². The minimum absolute atomic E-state index is 0.00766. The van der Waals surface area contributed by atoms with Gasteiger partial charge in [0, 0.05) is 13.1 Å². The average Bonchev–Trinajstić information content (AvgIpc) is 2.76. The highest BCUT2D eigenvalue weighted by Crippen LogP contribution is 2.28. The molecule has 2 N–H and O–H groups in total. The van der Waals surface area contributed by atoms with Crippen LogP contribution in [0.5, 0.6) is 5.75 Å². The predicted molar refractivity (Wildman–Crippen MR) is 120 cm³/mol. The second kappa shape index (κ2) is 10.4. The van der Waals surface area contributed by atoms with E-state index in [1.807, 2.05) is 37.3 Å². The van der Waals surface area contributed by atoms with Crippen LogP contribution in [-0.4, -0.2) is 47.6 Å². The van der Waals surface area contributed by atoms with Gasteiger partial charge in [0.05, 0.1) is 17.6 Å². The lowest BCUT2D eigenvalue weighted by atomic mass is 9.84. The maximum Gasteiger partial charge on any atom is 0.335 e. The van der Waals surface area contributed by atoms with Crippen LogP contribution in [0.4, 0.5) is 0 Å². The minimum atomic E-state index is -0.957. The number of carbonyl (C=O) groups excluding carboxylic acids is 1. The van der Waals surface area contributed by atoms with Crippen molar-refractivity contribution in [3.05, 3.63) is 65.7 Å². The Morgan fingerprint density at radius 3 is 2.42 bits per heavy atom. The molecule has 0 aromatic heterocycles. The van der Waals surface area contributed by atoms with Gasteiger partial charge in [0.15, 0.2) is 0 Å². The van der Waals surface area contributed by atoms with Gasteiger partial charge in [-0.1, -0.05) is 44.2 Å². The highest BCUT2D eigenvalue weighted by Gasteiger charge is 2.35. The van der Waals surface area contributed by atoms with E-state index in [1.54, 1.807) is 24.3 Å². The number of carbonyl (C=O) groups is 2. The topological polar surface area (TPSA) is 78.9 Å². The third kappa shape index (κ3) is 6.07. The predicted octanol–water partition coefficient (Wildman–Crippen LogP) is 3.99. The number of piperidine rings is 1. The van der Waals surface area contributed by atoms with Crippen molar-refractivity contribution in [2.75, 3.05) is 19.7 Å². The molecule has 1 heterocycles. The lowest BCUT2D eigenvalue weighted by molar-refractivity contribution is -0.130. The van der Waals surface area contributed by atoms with Crippen molar-refractivity contribution in [1.82, 2.24) is 10.2 Å². The van der Waals surface area contributed by atoms with E-state index in [9.17, 15) is 9.59 Å². The van der Waals surface area contributed by atoms with Crippen molar-refractivity contribution in [3.8, 4) is 5.75 Å². The number of nitrogens with one attached hydrogen (secondary N) is 1. The first-order valence-corrected chi connectivity index (χ1v) is 10.9. The molecule has 0 aliphatic carbocycles. The number of hydrogen-bond donors (Lipinski definition) is 2. The summed E-state index contributed by atoms with van der Waals surface area (Å²) in [5, 5.41) is 12.2. The Morgan fingerprint density at radius 1 is 1.10 bits per heavy atom. The van der Waals surface area contributed by atoms with Gasteiger partial charge in [-0.05, 0) is 55.0 Å². The second-order valence-electron chi connectivity index (χ2n) is 8.52. The van der Waals surface area contributed by atoms with E-state index in [1.165, 1.54) is 0 Å².